The van der Waals surface area contributed by atoms with Crippen LogP contribution in [0, 0.1) is 0 Å². The fraction of sp³-hybridized carbons (Fsp3) is 0.364. The molecule has 16 heavy (non-hydrogen) atoms. The van der Waals surface area contributed by atoms with E-state index in [1.807, 2.05) is 19.2 Å². The van der Waals surface area contributed by atoms with E-state index in [9.17, 15) is 4.79 Å². The van der Waals surface area contributed by atoms with Crippen LogP contribution in [0.4, 0.5) is 0 Å². The van der Waals surface area contributed by atoms with Crippen LogP contribution in [0.25, 0.3) is 11.0 Å². The van der Waals surface area contributed by atoms with Gasteiger partial charge in [-0.05, 0) is 37.7 Å². The zero-order valence-corrected chi connectivity index (χ0v) is 10.1. The zero-order chi connectivity index (χ0) is 11.7. The Morgan fingerprint density at radius 1 is 1.50 bits per heavy atom. The van der Waals surface area contributed by atoms with E-state index in [-0.39, 0.29) is 5.69 Å². The summed E-state index contributed by atoms with van der Waals surface area (Å²) in [6.45, 7) is 0.863. The molecule has 2 aromatic rings. The average molecular weight is 240 g/mol. The molecule has 4 nitrogen and oxygen atoms in total. The largest absolute Gasteiger partial charge is 0.326 e. The van der Waals surface area contributed by atoms with Crippen LogP contribution in [0.1, 0.15) is 5.56 Å². The van der Waals surface area contributed by atoms with Crippen molar-refractivity contribution in [2.24, 2.45) is 7.05 Å². The number of hydrogen-bond donors (Lipinski definition) is 2. The second-order valence-corrected chi connectivity index (χ2v) is 4.21. The summed E-state index contributed by atoms with van der Waals surface area (Å²) >= 11 is 6.16. The van der Waals surface area contributed by atoms with Gasteiger partial charge in [0.05, 0.1) is 11.0 Å². The van der Waals surface area contributed by atoms with Crippen LogP contribution < -0.4 is 11.0 Å². The molecule has 0 unspecified atom stereocenters. The van der Waals surface area contributed by atoms with Gasteiger partial charge in [-0.3, -0.25) is 4.57 Å². The number of imidazole rings is 1. The summed E-state index contributed by atoms with van der Waals surface area (Å²) in [7, 11) is 3.63. The minimum Gasteiger partial charge on any atom is -0.319 e. The maximum atomic E-state index is 11.4. The highest BCUT2D eigenvalue weighted by atomic mass is 35.5. The number of hydrogen-bond acceptors (Lipinski definition) is 2. The summed E-state index contributed by atoms with van der Waals surface area (Å²) < 4.78 is 1.56. The Kier molecular flexibility index (Phi) is 3.03. The normalized spacial score (nSPS) is 11.2. The Hall–Kier alpha value is -1.26. The predicted molar refractivity (Wildman–Crippen MR) is 66.2 cm³/mol. The quantitative estimate of drug-likeness (QED) is 0.848. The number of likely N-dealkylation sites (N-methyl/N-ethyl adjacent to an activating group) is 1. The van der Waals surface area contributed by atoms with Crippen molar-refractivity contribution in [2.75, 3.05) is 13.6 Å². The predicted octanol–water partition coefficient (Wildman–Crippen LogP) is 1.28. The lowest BCUT2D eigenvalue weighted by Crippen LogP contribution is -2.11. The molecule has 2 N–H and O–H groups in total. The van der Waals surface area contributed by atoms with Crippen LogP contribution in [0.5, 0.6) is 0 Å². The maximum absolute atomic E-state index is 11.4. The molecule has 0 spiro atoms. The van der Waals surface area contributed by atoms with Crippen molar-refractivity contribution in [2.45, 2.75) is 6.42 Å². The number of benzene rings is 1. The van der Waals surface area contributed by atoms with Gasteiger partial charge in [0, 0.05) is 12.1 Å². The Morgan fingerprint density at radius 2 is 2.25 bits per heavy atom. The number of H-pyrrole nitrogens is 1. The van der Waals surface area contributed by atoms with Gasteiger partial charge in [-0.1, -0.05) is 11.6 Å². The zero-order valence-electron chi connectivity index (χ0n) is 9.30. The van der Waals surface area contributed by atoms with E-state index in [1.54, 1.807) is 11.6 Å². The number of aryl methyl sites for hydroxylation is 1. The van der Waals surface area contributed by atoms with Crippen LogP contribution in [0.3, 0.4) is 0 Å². The van der Waals surface area contributed by atoms with Crippen LogP contribution in [-0.2, 0) is 13.5 Å². The molecule has 0 saturated carbocycles. The lowest BCUT2D eigenvalue weighted by molar-refractivity contribution is 0.792. The summed E-state index contributed by atoms with van der Waals surface area (Å²) in [5.41, 5.74) is 2.61. The van der Waals surface area contributed by atoms with Crippen molar-refractivity contribution in [1.82, 2.24) is 14.9 Å². The standard InChI is InChI=1S/C11H14ClN3O/c1-13-4-3-7-5-9-10(6-8(7)12)15(2)11(16)14-9/h5-6,13H,3-4H2,1-2H3,(H,14,16). The van der Waals surface area contributed by atoms with E-state index < -0.39 is 0 Å². The maximum Gasteiger partial charge on any atom is 0.326 e. The Bertz CT molecular complexity index is 570. The average Bonchev–Trinajstić information content (AvgIpc) is 2.52. The molecule has 1 heterocycles. The molecule has 2 rings (SSSR count). The summed E-state index contributed by atoms with van der Waals surface area (Å²) in [5, 5.41) is 3.78. The molecule has 1 aromatic carbocycles. The molecule has 0 aliphatic heterocycles. The van der Waals surface area contributed by atoms with Crippen molar-refractivity contribution < 1.29 is 0 Å². The van der Waals surface area contributed by atoms with E-state index in [0.717, 1.165) is 29.6 Å². The Labute approximate surface area is 98.2 Å². The molecule has 0 amide bonds. The highest BCUT2D eigenvalue weighted by Gasteiger charge is 2.07. The van der Waals surface area contributed by atoms with Gasteiger partial charge in [0.1, 0.15) is 0 Å². The van der Waals surface area contributed by atoms with Crippen molar-refractivity contribution in [1.29, 1.82) is 0 Å². The minimum atomic E-state index is -0.114. The minimum absolute atomic E-state index is 0.114. The fourth-order valence-corrected chi connectivity index (χ4v) is 2.00. The molecule has 0 fully saturated rings. The monoisotopic (exact) mass is 239 g/mol. The number of aromatic amines is 1. The summed E-state index contributed by atoms with van der Waals surface area (Å²) in [4.78, 5) is 14.2. The summed E-state index contributed by atoms with van der Waals surface area (Å²) in [6.07, 6.45) is 0.849. The number of halogens is 1. The second-order valence-electron chi connectivity index (χ2n) is 3.80. The number of nitrogens with zero attached hydrogens (tertiary/aromatic N) is 1. The third kappa shape index (κ3) is 1.86. The lowest BCUT2D eigenvalue weighted by Gasteiger charge is -2.04. The van der Waals surface area contributed by atoms with Gasteiger partial charge < -0.3 is 10.3 Å². The molecule has 0 saturated heterocycles. The SMILES string of the molecule is CNCCc1cc2[nH]c(=O)n(C)c2cc1Cl. The molecule has 86 valence electrons. The van der Waals surface area contributed by atoms with Gasteiger partial charge in [-0.15, -0.1) is 0 Å². The fourth-order valence-electron chi connectivity index (χ4n) is 1.74. The van der Waals surface area contributed by atoms with Gasteiger partial charge >= 0.3 is 5.69 Å². The molecule has 0 atom stereocenters. The molecule has 5 heteroatoms. The van der Waals surface area contributed by atoms with E-state index in [2.05, 4.69) is 10.3 Å². The van der Waals surface area contributed by atoms with Gasteiger partial charge in [0.25, 0.3) is 0 Å². The van der Waals surface area contributed by atoms with Gasteiger partial charge in [-0.25, -0.2) is 4.79 Å². The number of nitrogens with one attached hydrogen (secondary N) is 2. The van der Waals surface area contributed by atoms with Crippen LogP contribution >= 0.6 is 11.6 Å². The third-order valence-electron chi connectivity index (χ3n) is 2.72. The second kappa shape index (κ2) is 4.31. The number of rotatable bonds is 3. The molecule has 1 aromatic heterocycles. The van der Waals surface area contributed by atoms with E-state index in [4.69, 9.17) is 11.6 Å². The van der Waals surface area contributed by atoms with E-state index in [0.29, 0.717) is 5.02 Å². The van der Waals surface area contributed by atoms with Crippen LogP contribution in [0.15, 0.2) is 16.9 Å². The van der Waals surface area contributed by atoms with Gasteiger partial charge in [-0.2, -0.15) is 0 Å². The molecule has 0 aliphatic carbocycles. The van der Waals surface area contributed by atoms with Gasteiger partial charge in [0.15, 0.2) is 0 Å². The van der Waals surface area contributed by atoms with E-state index in [1.165, 1.54) is 0 Å². The molecular weight excluding hydrogens is 226 g/mol. The number of aromatic nitrogens is 2. The van der Waals surface area contributed by atoms with Crippen LogP contribution in [-0.4, -0.2) is 23.1 Å². The van der Waals surface area contributed by atoms with Crippen LogP contribution in [0.2, 0.25) is 5.02 Å². The first-order chi connectivity index (χ1) is 7.63. The summed E-state index contributed by atoms with van der Waals surface area (Å²) in [6, 6.07) is 3.77. The first kappa shape index (κ1) is 11.2. The molecule has 0 radical (unpaired) electrons. The Balaban J connectivity index is 2.54. The number of fused-ring (bicyclic) bond motifs is 1. The molecule has 0 bridgehead atoms. The highest BCUT2D eigenvalue weighted by molar-refractivity contribution is 6.32. The van der Waals surface area contributed by atoms with Crippen molar-refractivity contribution in [3.63, 3.8) is 0 Å². The van der Waals surface area contributed by atoms with Gasteiger partial charge in [0.2, 0.25) is 0 Å². The smallest absolute Gasteiger partial charge is 0.319 e. The van der Waals surface area contributed by atoms with E-state index >= 15 is 0 Å². The summed E-state index contributed by atoms with van der Waals surface area (Å²) in [5.74, 6) is 0. The topological polar surface area (TPSA) is 49.8 Å². The third-order valence-corrected chi connectivity index (χ3v) is 3.07. The highest BCUT2D eigenvalue weighted by Crippen LogP contribution is 2.22. The molecular formula is C11H14ClN3O. The van der Waals surface area contributed by atoms with Crippen molar-refractivity contribution >= 4 is 22.6 Å². The molecule has 0 aliphatic rings. The lowest BCUT2D eigenvalue weighted by atomic mass is 10.1. The Morgan fingerprint density at radius 3 is 2.94 bits per heavy atom. The van der Waals surface area contributed by atoms with Crippen molar-refractivity contribution in [3.05, 3.63) is 33.2 Å². The first-order valence-electron chi connectivity index (χ1n) is 5.15. The first-order valence-corrected chi connectivity index (χ1v) is 5.53. The van der Waals surface area contributed by atoms with Crippen molar-refractivity contribution in [3.8, 4) is 0 Å².